The van der Waals surface area contributed by atoms with Crippen LogP contribution in [-0.4, -0.2) is 25.3 Å². The van der Waals surface area contributed by atoms with Crippen molar-refractivity contribution in [1.29, 1.82) is 0 Å². The number of ether oxygens (including phenoxy) is 1. The quantitative estimate of drug-likeness (QED) is 0.584. The predicted molar refractivity (Wildman–Crippen MR) is 35.4 cm³/mol. The predicted octanol–water partition coefficient (Wildman–Crippen LogP) is 0.527. The van der Waals surface area contributed by atoms with Gasteiger partial charge in [-0.2, -0.15) is 0 Å². The summed E-state index contributed by atoms with van der Waals surface area (Å²) in [6, 6.07) is 0.683. The fourth-order valence-corrected chi connectivity index (χ4v) is 1.56. The number of rotatable bonds is 2. The van der Waals surface area contributed by atoms with Crippen molar-refractivity contribution in [2.75, 3.05) is 13.7 Å². The highest BCUT2D eigenvalue weighted by molar-refractivity contribution is 5.08. The number of hydrogen-bond acceptors (Lipinski definition) is 2. The molecule has 1 unspecified atom stereocenters. The number of hydrogen-bond donors (Lipinski definition) is 1. The molecule has 2 fully saturated rings. The van der Waals surface area contributed by atoms with E-state index in [0.717, 1.165) is 0 Å². The zero-order valence-electron chi connectivity index (χ0n) is 5.81. The zero-order valence-corrected chi connectivity index (χ0v) is 5.81. The fourth-order valence-electron chi connectivity index (χ4n) is 1.56. The lowest BCUT2D eigenvalue weighted by atomic mass is 9.99. The second kappa shape index (κ2) is 1.70. The Balaban J connectivity index is 1.94. The third-order valence-electron chi connectivity index (χ3n) is 2.61. The molecule has 0 aromatic rings. The lowest BCUT2D eigenvalue weighted by Gasteiger charge is -2.34. The van der Waals surface area contributed by atoms with Crippen LogP contribution in [0.4, 0.5) is 0 Å². The molecule has 1 atom stereocenters. The maximum atomic E-state index is 5.39. The molecule has 0 aromatic heterocycles. The highest BCUT2D eigenvalue weighted by Crippen LogP contribution is 2.44. The maximum absolute atomic E-state index is 5.39. The first-order chi connectivity index (χ1) is 4.37. The Hall–Kier alpha value is -0.0800. The van der Waals surface area contributed by atoms with Crippen molar-refractivity contribution in [2.24, 2.45) is 0 Å². The van der Waals surface area contributed by atoms with Crippen molar-refractivity contribution in [1.82, 2.24) is 5.32 Å². The molecular weight excluding hydrogens is 114 g/mol. The first kappa shape index (κ1) is 5.69. The van der Waals surface area contributed by atoms with Crippen molar-refractivity contribution in [3.05, 3.63) is 0 Å². The first-order valence-electron chi connectivity index (χ1n) is 3.66. The van der Waals surface area contributed by atoms with Gasteiger partial charge in [0, 0.05) is 13.2 Å². The fraction of sp³-hybridized carbons (Fsp3) is 1.00. The number of methoxy groups -OCH3 is 1. The van der Waals surface area contributed by atoms with E-state index in [2.05, 4.69) is 5.32 Å². The Kier molecular flexibility index (Phi) is 1.08. The Bertz CT molecular complexity index is 116. The van der Waals surface area contributed by atoms with Gasteiger partial charge in [-0.3, -0.25) is 0 Å². The minimum atomic E-state index is 0.276. The summed E-state index contributed by atoms with van der Waals surface area (Å²) in [4.78, 5) is 0. The van der Waals surface area contributed by atoms with E-state index >= 15 is 0 Å². The summed E-state index contributed by atoms with van der Waals surface area (Å²) in [6.07, 6.45) is 3.84. The molecule has 2 nitrogen and oxygen atoms in total. The lowest BCUT2D eigenvalue weighted by molar-refractivity contribution is 0.0237. The molecule has 0 aromatic carbocycles. The largest absolute Gasteiger partial charge is 0.377 e. The maximum Gasteiger partial charge on any atom is 0.0833 e. The summed E-state index contributed by atoms with van der Waals surface area (Å²) in [7, 11) is 1.83. The van der Waals surface area contributed by atoms with Gasteiger partial charge in [-0.15, -0.1) is 0 Å². The minimum Gasteiger partial charge on any atom is -0.377 e. The van der Waals surface area contributed by atoms with Crippen LogP contribution in [0, 0.1) is 0 Å². The van der Waals surface area contributed by atoms with E-state index in [0.29, 0.717) is 6.04 Å². The van der Waals surface area contributed by atoms with Crippen LogP contribution in [0.15, 0.2) is 0 Å². The van der Waals surface area contributed by atoms with Gasteiger partial charge < -0.3 is 10.1 Å². The molecule has 2 rings (SSSR count). The molecule has 9 heavy (non-hydrogen) atoms. The Morgan fingerprint density at radius 1 is 1.56 bits per heavy atom. The van der Waals surface area contributed by atoms with Gasteiger partial charge in [0.1, 0.15) is 0 Å². The van der Waals surface area contributed by atoms with Gasteiger partial charge in [-0.25, -0.2) is 0 Å². The molecule has 52 valence electrons. The minimum absolute atomic E-state index is 0.276. The van der Waals surface area contributed by atoms with Crippen LogP contribution in [0.1, 0.15) is 19.3 Å². The molecule has 0 radical (unpaired) electrons. The summed E-state index contributed by atoms with van der Waals surface area (Å²) in [5, 5.41) is 3.37. The standard InChI is InChI=1S/C7H13NO/c1-9-7(3-4-7)6-2-5-8-6/h6,8H,2-5H2,1H3. The molecule has 1 aliphatic carbocycles. The molecule has 1 heterocycles. The average Bonchev–Trinajstić information content (AvgIpc) is 2.44. The first-order valence-corrected chi connectivity index (χ1v) is 3.66. The molecule has 1 saturated heterocycles. The van der Waals surface area contributed by atoms with Gasteiger partial charge in [0.05, 0.1) is 5.60 Å². The highest BCUT2D eigenvalue weighted by atomic mass is 16.5. The van der Waals surface area contributed by atoms with Gasteiger partial charge in [0.15, 0.2) is 0 Å². The van der Waals surface area contributed by atoms with Gasteiger partial charge in [-0.05, 0) is 25.8 Å². The Morgan fingerprint density at radius 2 is 2.22 bits per heavy atom. The van der Waals surface area contributed by atoms with Crippen LogP contribution in [0.2, 0.25) is 0 Å². The third-order valence-corrected chi connectivity index (χ3v) is 2.61. The summed E-state index contributed by atoms with van der Waals surface area (Å²) in [6.45, 7) is 1.19. The molecule has 1 aliphatic heterocycles. The molecule has 0 bridgehead atoms. The van der Waals surface area contributed by atoms with E-state index in [1.54, 1.807) is 0 Å². The smallest absolute Gasteiger partial charge is 0.0833 e. The van der Waals surface area contributed by atoms with Crippen molar-refractivity contribution in [3.8, 4) is 0 Å². The lowest BCUT2D eigenvalue weighted by Crippen LogP contribution is -2.52. The summed E-state index contributed by atoms with van der Waals surface area (Å²) >= 11 is 0. The van der Waals surface area contributed by atoms with Gasteiger partial charge in [-0.1, -0.05) is 0 Å². The van der Waals surface area contributed by atoms with E-state index in [-0.39, 0.29) is 5.60 Å². The van der Waals surface area contributed by atoms with Crippen LogP contribution in [0.3, 0.4) is 0 Å². The van der Waals surface area contributed by atoms with E-state index in [1.165, 1.54) is 25.8 Å². The number of nitrogens with one attached hydrogen (secondary N) is 1. The van der Waals surface area contributed by atoms with Gasteiger partial charge in [0.25, 0.3) is 0 Å². The molecule has 2 aliphatic rings. The van der Waals surface area contributed by atoms with Gasteiger partial charge >= 0.3 is 0 Å². The second-order valence-corrected chi connectivity index (χ2v) is 3.06. The van der Waals surface area contributed by atoms with Crippen LogP contribution in [-0.2, 0) is 4.74 Å². The van der Waals surface area contributed by atoms with Crippen LogP contribution < -0.4 is 5.32 Å². The van der Waals surface area contributed by atoms with E-state index in [1.807, 2.05) is 7.11 Å². The zero-order chi connectivity index (χ0) is 6.32. The average molecular weight is 127 g/mol. The molecular formula is C7H13NO. The highest BCUT2D eigenvalue weighted by Gasteiger charge is 2.51. The van der Waals surface area contributed by atoms with Crippen LogP contribution >= 0.6 is 0 Å². The van der Waals surface area contributed by atoms with Crippen molar-refractivity contribution in [3.63, 3.8) is 0 Å². The molecule has 1 N–H and O–H groups in total. The topological polar surface area (TPSA) is 21.3 Å². The molecule has 0 amide bonds. The monoisotopic (exact) mass is 127 g/mol. The summed E-state index contributed by atoms with van der Waals surface area (Å²) in [5.41, 5.74) is 0.276. The summed E-state index contributed by atoms with van der Waals surface area (Å²) in [5.74, 6) is 0. The van der Waals surface area contributed by atoms with Gasteiger partial charge in [0.2, 0.25) is 0 Å². The second-order valence-electron chi connectivity index (χ2n) is 3.06. The molecule has 0 spiro atoms. The van der Waals surface area contributed by atoms with Crippen molar-refractivity contribution in [2.45, 2.75) is 30.9 Å². The van der Waals surface area contributed by atoms with E-state index in [9.17, 15) is 0 Å². The molecule has 2 heteroatoms. The van der Waals surface area contributed by atoms with Crippen LogP contribution in [0.25, 0.3) is 0 Å². The summed E-state index contributed by atoms with van der Waals surface area (Å²) < 4.78 is 5.39. The van der Waals surface area contributed by atoms with Crippen molar-refractivity contribution >= 4 is 0 Å². The normalized spacial score (nSPS) is 37.7. The Labute approximate surface area is 55.6 Å². The van der Waals surface area contributed by atoms with E-state index in [4.69, 9.17) is 4.74 Å². The SMILES string of the molecule is COC1(C2CCN2)CC1. The molecule has 1 saturated carbocycles. The van der Waals surface area contributed by atoms with Crippen LogP contribution in [0.5, 0.6) is 0 Å². The Morgan fingerprint density at radius 3 is 2.33 bits per heavy atom. The van der Waals surface area contributed by atoms with E-state index < -0.39 is 0 Å². The van der Waals surface area contributed by atoms with Crippen molar-refractivity contribution < 1.29 is 4.74 Å². The third kappa shape index (κ3) is 0.700.